The van der Waals surface area contributed by atoms with Gasteiger partial charge in [0.2, 0.25) is 5.91 Å². The van der Waals surface area contributed by atoms with Crippen molar-refractivity contribution in [3.05, 3.63) is 24.3 Å². The number of nitrogens with zero attached hydrogens (tertiary/aromatic N) is 3. The van der Waals surface area contributed by atoms with Gasteiger partial charge in [-0.15, -0.1) is 0 Å². The summed E-state index contributed by atoms with van der Waals surface area (Å²) in [6.07, 6.45) is 2.49. The number of anilines is 1. The molecule has 0 unspecified atom stereocenters. The molecule has 2 aliphatic heterocycles. The zero-order chi connectivity index (χ0) is 16.9. The van der Waals surface area contributed by atoms with Gasteiger partial charge in [-0.05, 0) is 38.6 Å². The summed E-state index contributed by atoms with van der Waals surface area (Å²) in [6, 6.07) is 7.43. The summed E-state index contributed by atoms with van der Waals surface area (Å²) in [5.74, 6) is 0.803. The molecule has 0 radical (unpaired) electrons. The fourth-order valence-corrected chi connectivity index (χ4v) is 3.19. The molecule has 0 N–H and O–H groups in total. The van der Waals surface area contributed by atoms with E-state index in [0.717, 1.165) is 51.3 Å². The molecular weight excluding hydrogens is 306 g/mol. The predicted molar refractivity (Wildman–Crippen MR) is 92.2 cm³/mol. The van der Waals surface area contributed by atoms with E-state index in [9.17, 15) is 9.59 Å². The number of likely N-dealkylation sites (N-methyl/N-ethyl adjacent to an activating group) is 1. The Kier molecular flexibility index (Phi) is 5.35. The second-order valence-corrected chi connectivity index (χ2v) is 6.47. The first-order valence-corrected chi connectivity index (χ1v) is 8.63. The van der Waals surface area contributed by atoms with Gasteiger partial charge in [0, 0.05) is 44.4 Å². The maximum atomic E-state index is 12.3. The highest BCUT2D eigenvalue weighted by atomic mass is 16.5. The van der Waals surface area contributed by atoms with E-state index < -0.39 is 0 Å². The summed E-state index contributed by atoms with van der Waals surface area (Å²) in [5.41, 5.74) is 0.846. The Bertz CT molecular complexity index is 605. The van der Waals surface area contributed by atoms with Crippen molar-refractivity contribution in [2.24, 2.45) is 0 Å². The van der Waals surface area contributed by atoms with Crippen LogP contribution < -0.4 is 9.64 Å². The largest absolute Gasteiger partial charge is 0.484 e. The lowest BCUT2D eigenvalue weighted by Gasteiger charge is -2.21. The van der Waals surface area contributed by atoms with Crippen LogP contribution in [0.4, 0.5) is 5.69 Å². The fourth-order valence-electron chi connectivity index (χ4n) is 3.19. The zero-order valence-corrected chi connectivity index (χ0v) is 14.2. The Morgan fingerprint density at radius 3 is 2.79 bits per heavy atom. The quantitative estimate of drug-likeness (QED) is 0.836. The summed E-state index contributed by atoms with van der Waals surface area (Å²) in [7, 11) is 2.08. The first kappa shape index (κ1) is 16.8. The lowest BCUT2D eigenvalue weighted by molar-refractivity contribution is -0.133. The molecule has 2 saturated heterocycles. The third-order valence-corrected chi connectivity index (χ3v) is 4.64. The smallest absolute Gasteiger partial charge is 0.260 e. The third kappa shape index (κ3) is 4.06. The van der Waals surface area contributed by atoms with Crippen molar-refractivity contribution in [3.8, 4) is 5.75 Å². The second-order valence-electron chi connectivity index (χ2n) is 6.47. The number of benzene rings is 1. The molecule has 2 amide bonds. The molecule has 3 rings (SSSR count). The van der Waals surface area contributed by atoms with Crippen molar-refractivity contribution in [2.75, 3.05) is 51.3 Å². The lowest BCUT2D eigenvalue weighted by atomic mass is 10.3. The maximum absolute atomic E-state index is 12.3. The summed E-state index contributed by atoms with van der Waals surface area (Å²) in [4.78, 5) is 30.1. The maximum Gasteiger partial charge on any atom is 0.260 e. The van der Waals surface area contributed by atoms with Gasteiger partial charge in [-0.3, -0.25) is 9.59 Å². The Morgan fingerprint density at radius 2 is 2.00 bits per heavy atom. The van der Waals surface area contributed by atoms with Crippen LogP contribution in [0.5, 0.6) is 5.75 Å². The number of amides is 2. The van der Waals surface area contributed by atoms with Gasteiger partial charge in [0.15, 0.2) is 6.61 Å². The molecule has 2 fully saturated rings. The minimum absolute atomic E-state index is 0.0213. The van der Waals surface area contributed by atoms with Gasteiger partial charge < -0.3 is 19.4 Å². The van der Waals surface area contributed by atoms with Crippen LogP contribution in [-0.4, -0.2) is 68.0 Å². The SMILES string of the molecule is CN1CCCN(C(=O)COc2cccc(N3CCCC3=O)c2)CC1. The van der Waals surface area contributed by atoms with E-state index in [1.165, 1.54) is 0 Å². The van der Waals surface area contributed by atoms with Gasteiger partial charge in [-0.2, -0.15) is 0 Å². The fraction of sp³-hybridized carbons (Fsp3) is 0.556. The van der Waals surface area contributed by atoms with Crippen LogP contribution >= 0.6 is 0 Å². The molecule has 0 aromatic heterocycles. The highest BCUT2D eigenvalue weighted by Gasteiger charge is 2.22. The number of rotatable bonds is 4. The van der Waals surface area contributed by atoms with Crippen LogP contribution in [-0.2, 0) is 9.59 Å². The summed E-state index contributed by atoms with van der Waals surface area (Å²) >= 11 is 0. The molecule has 0 spiro atoms. The summed E-state index contributed by atoms with van der Waals surface area (Å²) in [6.45, 7) is 4.26. The Labute approximate surface area is 143 Å². The number of hydrogen-bond acceptors (Lipinski definition) is 4. The molecule has 0 aliphatic carbocycles. The minimum atomic E-state index is 0.0213. The topological polar surface area (TPSA) is 53.1 Å². The van der Waals surface area contributed by atoms with Gasteiger partial charge in [0.05, 0.1) is 0 Å². The highest BCUT2D eigenvalue weighted by Crippen LogP contribution is 2.25. The van der Waals surface area contributed by atoms with Gasteiger partial charge in [-0.25, -0.2) is 0 Å². The van der Waals surface area contributed by atoms with Crippen molar-refractivity contribution in [1.29, 1.82) is 0 Å². The van der Waals surface area contributed by atoms with Crippen molar-refractivity contribution in [3.63, 3.8) is 0 Å². The summed E-state index contributed by atoms with van der Waals surface area (Å²) in [5, 5.41) is 0. The number of hydrogen-bond donors (Lipinski definition) is 0. The van der Waals surface area contributed by atoms with Gasteiger partial charge in [0.1, 0.15) is 5.75 Å². The molecule has 2 aliphatic rings. The first-order valence-electron chi connectivity index (χ1n) is 8.63. The molecular formula is C18H25N3O3. The van der Waals surface area contributed by atoms with Crippen molar-refractivity contribution in [2.45, 2.75) is 19.3 Å². The molecule has 2 heterocycles. The van der Waals surface area contributed by atoms with E-state index >= 15 is 0 Å². The molecule has 1 aromatic rings. The normalized spacial score (nSPS) is 19.5. The third-order valence-electron chi connectivity index (χ3n) is 4.64. The second kappa shape index (κ2) is 7.66. The Morgan fingerprint density at radius 1 is 1.12 bits per heavy atom. The standard InChI is InChI=1S/C18H25N3O3/c1-19-8-4-9-20(12-11-19)18(23)14-24-16-6-2-5-15(13-16)21-10-3-7-17(21)22/h2,5-6,13H,3-4,7-12,14H2,1H3. The Hall–Kier alpha value is -2.08. The van der Waals surface area contributed by atoms with E-state index in [1.54, 1.807) is 4.90 Å². The molecule has 1 aromatic carbocycles. The van der Waals surface area contributed by atoms with Crippen molar-refractivity contribution in [1.82, 2.24) is 9.80 Å². The highest BCUT2D eigenvalue weighted by molar-refractivity contribution is 5.95. The van der Waals surface area contributed by atoms with Crippen molar-refractivity contribution < 1.29 is 14.3 Å². The summed E-state index contributed by atoms with van der Waals surface area (Å²) < 4.78 is 5.68. The molecule has 130 valence electrons. The lowest BCUT2D eigenvalue weighted by Crippen LogP contribution is -2.37. The van der Waals surface area contributed by atoms with Crippen LogP contribution in [0.15, 0.2) is 24.3 Å². The predicted octanol–water partition coefficient (Wildman–Crippen LogP) is 1.36. The average molecular weight is 331 g/mol. The molecule has 6 nitrogen and oxygen atoms in total. The van der Waals surface area contributed by atoms with E-state index in [0.29, 0.717) is 12.2 Å². The molecule has 0 bridgehead atoms. The van der Waals surface area contributed by atoms with E-state index in [1.807, 2.05) is 29.2 Å². The van der Waals surface area contributed by atoms with Gasteiger partial charge in [-0.1, -0.05) is 6.07 Å². The molecule has 0 atom stereocenters. The first-order chi connectivity index (χ1) is 11.6. The van der Waals surface area contributed by atoms with E-state index in [2.05, 4.69) is 11.9 Å². The van der Waals surface area contributed by atoms with Crippen LogP contribution in [0.2, 0.25) is 0 Å². The molecule has 0 saturated carbocycles. The molecule has 6 heteroatoms. The van der Waals surface area contributed by atoms with Crippen LogP contribution in [0.1, 0.15) is 19.3 Å². The Balaban J connectivity index is 1.56. The minimum Gasteiger partial charge on any atom is -0.484 e. The number of ether oxygens (including phenoxy) is 1. The monoisotopic (exact) mass is 331 g/mol. The number of carbonyl (C=O) groups excluding carboxylic acids is 2. The van der Waals surface area contributed by atoms with Crippen LogP contribution in [0.3, 0.4) is 0 Å². The van der Waals surface area contributed by atoms with E-state index in [-0.39, 0.29) is 18.4 Å². The zero-order valence-electron chi connectivity index (χ0n) is 14.2. The van der Waals surface area contributed by atoms with Gasteiger partial charge >= 0.3 is 0 Å². The van der Waals surface area contributed by atoms with E-state index in [4.69, 9.17) is 4.74 Å². The van der Waals surface area contributed by atoms with Gasteiger partial charge in [0.25, 0.3) is 5.91 Å². The van der Waals surface area contributed by atoms with Crippen LogP contribution in [0.25, 0.3) is 0 Å². The van der Waals surface area contributed by atoms with Crippen molar-refractivity contribution >= 4 is 17.5 Å². The van der Waals surface area contributed by atoms with Crippen LogP contribution in [0, 0.1) is 0 Å². The number of carbonyl (C=O) groups is 2. The molecule has 24 heavy (non-hydrogen) atoms. The average Bonchev–Trinajstić information content (AvgIpc) is 2.89.